The van der Waals surface area contributed by atoms with Gasteiger partial charge in [0.15, 0.2) is 0 Å². The lowest BCUT2D eigenvalue weighted by Gasteiger charge is -2.05. The van der Waals surface area contributed by atoms with Crippen LogP contribution in [0.15, 0.2) is 18.3 Å². The van der Waals surface area contributed by atoms with Crippen molar-refractivity contribution in [1.29, 1.82) is 0 Å². The van der Waals surface area contributed by atoms with E-state index in [1.807, 2.05) is 0 Å². The number of esters is 1. The number of unbranched alkanes of at least 4 members (excludes halogenated alkanes) is 2. The molecule has 17 heavy (non-hydrogen) atoms. The van der Waals surface area contributed by atoms with Crippen molar-refractivity contribution in [3.8, 4) is 0 Å². The monoisotopic (exact) mass is 236 g/mol. The quantitative estimate of drug-likeness (QED) is 0.584. The van der Waals surface area contributed by atoms with E-state index in [1.165, 1.54) is 12.8 Å². The number of hydrogen-bond donors (Lipinski definition) is 1. The Bertz CT molecular complexity index is 336. The van der Waals surface area contributed by atoms with Crippen molar-refractivity contribution in [2.45, 2.75) is 33.1 Å². The van der Waals surface area contributed by atoms with E-state index >= 15 is 0 Å². The molecule has 94 valence electrons. The molecular weight excluding hydrogens is 216 g/mol. The number of hydrogen-bond acceptors (Lipinski definition) is 4. The predicted molar refractivity (Wildman–Crippen MR) is 68.2 cm³/mol. The minimum absolute atomic E-state index is 0.322. The van der Waals surface area contributed by atoms with Gasteiger partial charge in [0.05, 0.1) is 12.2 Å². The van der Waals surface area contributed by atoms with Gasteiger partial charge in [-0.25, -0.2) is 9.78 Å². The number of nitrogens with one attached hydrogen (secondary N) is 1. The average Bonchev–Trinajstić information content (AvgIpc) is 2.36. The van der Waals surface area contributed by atoms with Gasteiger partial charge in [0.25, 0.3) is 0 Å². The summed E-state index contributed by atoms with van der Waals surface area (Å²) in [5.74, 6) is 0.478. The van der Waals surface area contributed by atoms with Gasteiger partial charge in [0, 0.05) is 12.7 Å². The van der Waals surface area contributed by atoms with Gasteiger partial charge in [-0.05, 0) is 25.5 Å². The average molecular weight is 236 g/mol. The summed E-state index contributed by atoms with van der Waals surface area (Å²) >= 11 is 0. The van der Waals surface area contributed by atoms with Gasteiger partial charge in [-0.1, -0.05) is 19.8 Å². The molecule has 0 aliphatic rings. The Morgan fingerprint density at radius 1 is 1.35 bits per heavy atom. The van der Waals surface area contributed by atoms with Gasteiger partial charge < -0.3 is 10.1 Å². The summed E-state index contributed by atoms with van der Waals surface area (Å²) in [7, 11) is 0. The van der Waals surface area contributed by atoms with E-state index in [2.05, 4.69) is 17.2 Å². The Labute approximate surface area is 102 Å². The van der Waals surface area contributed by atoms with Gasteiger partial charge in [-0.15, -0.1) is 0 Å². The highest BCUT2D eigenvalue weighted by molar-refractivity contribution is 5.89. The number of aromatic nitrogens is 1. The second-order valence-electron chi connectivity index (χ2n) is 3.79. The Kier molecular flexibility index (Phi) is 6.07. The summed E-state index contributed by atoms with van der Waals surface area (Å²) in [6, 6.07) is 3.53. The minimum atomic E-state index is -0.322. The summed E-state index contributed by atoms with van der Waals surface area (Å²) < 4.78 is 4.88. The maximum atomic E-state index is 11.4. The molecule has 0 spiro atoms. The van der Waals surface area contributed by atoms with E-state index in [1.54, 1.807) is 25.3 Å². The van der Waals surface area contributed by atoms with E-state index in [9.17, 15) is 4.79 Å². The molecule has 0 radical (unpaired) electrons. The Morgan fingerprint density at radius 2 is 2.18 bits per heavy atom. The molecule has 1 rings (SSSR count). The van der Waals surface area contributed by atoms with Crippen LogP contribution >= 0.6 is 0 Å². The normalized spacial score (nSPS) is 10.0. The van der Waals surface area contributed by atoms with Crippen molar-refractivity contribution < 1.29 is 9.53 Å². The zero-order valence-electron chi connectivity index (χ0n) is 10.5. The third kappa shape index (κ3) is 4.85. The second-order valence-corrected chi connectivity index (χ2v) is 3.79. The van der Waals surface area contributed by atoms with E-state index in [0.29, 0.717) is 12.2 Å². The molecular formula is C13H20N2O2. The second kappa shape index (κ2) is 7.65. The SMILES string of the molecule is CCCCCNc1ccc(C(=O)OCC)cn1. The van der Waals surface area contributed by atoms with Gasteiger partial charge >= 0.3 is 5.97 Å². The molecule has 0 saturated carbocycles. The third-order valence-corrected chi connectivity index (χ3v) is 2.36. The fraction of sp³-hybridized carbons (Fsp3) is 0.538. The molecule has 1 aromatic rings. The van der Waals surface area contributed by atoms with Crippen molar-refractivity contribution in [3.63, 3.8) is 0 Å². The first-order valence-electron chi connectivity index (χ1n) is 6.15. The number of anilines is 1. The van der Waals surface area contributed by atoms with E-state index < -0.39 is 0 Å². The summed E-state index contributed by atoms with van der Waals surface area (Å²) in [6.07, 6.45) is 5.10. The van der Waals surface area contributed by atoms with Crippen molar-refractivity contribution in [2.24, 2.45) is 0 Å². The van der Waals surface area contributed by atoms with E-state index in [0.717, 1.165) is 18.8 Å². The fourth-order valence-corrected chi connectivity index (χ4v) is 1.43. The molecule has 0 atom stereocenters. The van der Waals surface area contributed by atoms with Crippen LogP contribution in [0.1, 0.15) is 43.5 Å². The lowest BCUT2D eigenvalue weighted by Crippen LogP contribution is -2.07. The van der Waals surface area contributed by atoms with Crippen LogP contribution in [0.4, 0.5) is 5.82 Å². The van der Waals surface area contributed by atoms with Crippen LogP contribution in [-0.4, -0.2) is 24.1 Å². The van der Waals surface area contributed by atoms with Gasteiger partial charge in [0.2, 0.25) is 0 Å². The molecule has 1 aromatic heterocycles. The zero-order chi connectivity index (χ0) is 12.5. The molecule has 0 saturated heterocycles. The third-order valence-electron chi connectivity index (χ3n) is 2.36. The van der Waals surface area contributed by atoms with Crippen molar-refractivity contribution in [3.05, 3.63) is 23.9 Å². The van der Waals surface area contributed by atoms with Gasteiger partial charge in [0.1, 0.15) is 5.82 Å². The van der Waals surface area contributed by atoms with Crippen molar-refractivity contribution in [2.75, 3.05) is 18.5 Å². The first kappa shape index (κ1) is 13.5. The van der Waals surface area contributed by atoms with Crippen LogP contribution in [0, 0.1) is 0 Å². The lowest BCUT2D eigenvalue weighted by atomic mass is 10.2. The van der Waals surface area contributed by atoms with E-state index in [4.69, 9.17) is 4.74 Å². The lowest BCUT2D eigenvalue weighted by molar-refractivity contribution is 0.0526. The predicted octanol–water partition coefficient (Wildman–Crippen LogP) is 2.86. The van der Waals surface area contributed by atoms with Crippen LogP contribution in [0.25, 0.3) is 0 Å². The van der Waals surface area contributed by atoms with Gasteiger partial charge in [-0.3, -0.25) is 0 Å². The molecule has 0 unspecified atom stereocenters. The summed E-state index contributed by atoms with van der Waals surface area (Å²) in [4.78, 5) is 15.5. The molecule has 4 heteroatoms. The number of pyridine rings is 1. The highest BCUT2D eigenvalue weighted by Gasteiger charge is 2.05. The molecule has 0 aromatic carbocycles. The van der Waals surface area contributed by atoms with Crippen molar-refractivity contribution >= 4 is 11.8 Å². The number of carbonyl (C=O) groups excluding carboxylic acids is 1. The summed E-state index contributed by atoms with van der Waals surface area (Å²) in [6.45, 7) is 5.26. The Hall–Kier alpha value is -1.58. The largest absolute Gasteiger partial charge is 0.462 e. The maximum Gasteiger partial charge on any atom is 0.339 e. The minimum Gasteiger partial charge on any atom is -0.462 e. The summed E-state index contributed by atoms with van der Waals surface area (Å²) in [5, 5.41) is 3.21. The van der Waals surface area contributed by atoms with Crippen LogP contribution in [0.2, 0.25) is 0 Å². The summed E-state index contributed by atoms with van der Waals surface area (Å²) in [5.41, 5.74) is 0.492. The first-order chi connectivity index (χ1) is 8.27. The molecule has 1 N–H and O–H groups in total. The Morgan fingerprint density at radius 3 is 2.76 bits per heavy atom. The van der Waals surface area contributed by atoms with Crippen LogP contribution in [0.5, 0.6) is 0 Å². The molecule has 0 fully saturated rings. The molecule has 0 aliphatic heterocycles. The fourth-order valence-electron chi connectivity index (χ4n) is 1.43. The number of carbonyl (C=O) groups is 1. The molecule has 0 amide bonds. The van der Waals surface area contributed by atoms with Gasteiger partial charge in [-0.2, -0.15) is 0 Å². The highest BCUT2D eigenvalue weighted by Crippen LogP contribution is 2.07. The van der Waals surface area contributed by atoms with Crippen molar-refractivity contribution in [1.82, 2.24) is 4.98 Å². The van der Waals surface area contributed by atoms with Crippen LogP contribution < -0.4 is 5.32 Å². The highest BCUT2D eigenvalue weighted by atomic mass is 16.5. The van der Waals surface area contributed by atoms with Crippen LogP contribution in [0.3, 0.4) is 0 Å². The molecule has 1 heterocycles. The van der Waals surface area contributed by atoms with Crippen LogP contribution in [-0.2, 0) is 4.74 Å². The standard InChI is InChI=1S/C13H20N2O2/c1-3-5-6-9-14-12-8-7-11(10-15-12)13(16)17-4-2/h7-8,10H,3-6,9H2,1-2H3,(H,14,15). The molecule has 4 nitrogen and oxygen atoms in total. The number of ether oxygens (including phenoxy) is 1. The first-order valence-corrected chi connectivity index (χ1v) is 6.15. The smallest absolute Gasteiger partial charge is 0.339 e. The van der Waals surface area contributed by atoms with E-state index in [-0.39, 0.29) is 5.97 Å². The maximum absolute atomic E-state index is 11.4. The number of nitrogens with zero attached hydrogens (tertiary/aromatic N) is 1. The number of rotatable bonds is 7. The molecule has 0 aliphatic carbocycles. The Balaban J connectivity index is 2.42. The molecule has 0 bridgehead atoms. The zero-order valence-corrected chi connectivity index (χ0v) is 10.5. The topological polar surface area (TPSA) is 51.2 Å².